The number of hydrogen-bond donors (Lipinski definition) is 1. The molecule has 3 nitrogen and oxygen atoms in total. The van der Waals surface area contributed by atoms with Crippen LogP contribution < -0.4 is 0 Å². The summed E-state index contributed by atoms with van der Waals surface area (Å²) in [5.41, 5.74) is -0.0968. The Labute approximate surface area is 128 Å². The summed E-state index contributed by atoms with van der Waals surface area (Å²) >= 11 is 0. The average Bonchev–Trinajstić information content (AvgIpc) is 3.32. The highest BCUT2D eigenvalue weighted by molar-refractivity contribution is 5.85. The van der Waals surface area contributed by atoms with Crippen LogP contribution in [-0.4, -0.2) is 35.6 Å². The quantitative estimate of drug-likeness (QED) is 0.928. The van der Waals surface area contributed by atoms with Crippen LogP contribution in [0.5, 0.6) is 0 Å². The number of aliphatic hydroxyl groups is 1. The van der Waals surface area contributed by atoms with Gasteiger partial charge in [0, 0.05) is 13.1 Å². The van der Waals surface area contributed by atoms with Crippen LogP contribution in [0.2, 0.25) is 0 Å². The summed E-state index contributed by atoms with van der Waals surface area (Å²) < 4.78 is 26.9. The summed E-state index contributed by atoms with van der Waals surface area (Å²) in [6.45, 7) is 1.21. The normalized spacial score (nSPS) is 21.0. The van der Waals surface area contributed by atoms with E-state index in [1.807, 2.05) is 4.90 Å². The molecule has 1 saturated heterocycles. The largest absolute Gasteiger partial charge is 0.395 e. The molecule has 5 heteroatoms. The van der Waals surface area contributed by atoms with E-state index < -0.39 is 11.2 Å². The highest BCUT2D eigenvalue weighted by atomic mass is 19.1. The molecule has 3 rings (SSSR count). The fourth-order valence-corrected chi connectivity index (χ4v) is 3.28. The molecule has 2 fully saturated rings. The van der Waals surface area contributed by atoms with Gasteiger partial charge >= 0.3 is 0 Å². The molecule has 0 radical (unpaired) electrons. The van der Waals surface area contributed by atoms with Gasteiger partial charge in [-0.1, -0.05) is 0 Å². The predicted octanol–water partition coefficient (Wildman–Crippen LogP) is 2.52. The maximum absolute atomic E-state index is 13.7. The molecule has 0 atom stereocenters. The number of piperidine rings is 1. The van der Waals surface area contributed by atoms with Gasteiger partial charge in [0.1, 0.15) is 11.6 Å². The van der Waals surface area contributed by atoms with Crippen LogP contribution in [0.15, 0.2) is 18.2 Å². The van der Waals surface area contributed by atoms with Crippen molar-refractivity contribution in [3.63, 3.8) is 0 Å². The molecule has 2 aliphatic rings. The van der Waals surface area contributed by atoms with E-state index in [2.05, 4.69) is 0 Å². The summed E-state index contributed by atoms with van der Waals surface area (Å²) in [7, 11) is 0. The molecule has 1 heterocycles. The number of carbonyl (C=O) groups is 1. The van der Waals surface area contributed by atoms with Crippen molar-refractivity contribution in [1.29, 1.82) is 0 Å². The molecule has 1 saturated carbocycles. The van der Waals surface area contributed by atoms with Crippen molar-refractivity contribution in [2.45, 2.75) is 32.1 Å². The smallest absolute Gasteiger partial charge is 0.231 e. The number of hydrogen-bond acceptors (Lipinski definition) is 2. The van der Waals surface area contributed by atoms with E-state index in [1.165, 1.54) is 12.1 Å². The Morgan fingerprint density at radius 2 is 1.95 bits per heavy atom. The van der Waals surface area contributed by atoms with Crippen molar-refractivity contribution < 1.29 is 18.7 Å². The van der Waals surface area contributed by atoms with E-state index in [0.29, 0.717) is 25.1 Å². The lowest BCUT2D eigenvalue weighted by atomic mass is 9.89. The Bertz CT molecular complexity index is 564. The predicted molar refractivity (Wildman–Crippen MR) is 78.1 cm³/mol. The third kappa shape index (κ3) is 3.00. The third-order valence-electron chi connectivity index (χ3n) is 5.03. The number of carbonyl (C=O) groups excluding carboxylic acids is 1. The lowest BCUT2D eigenvalue weighted by Gasteiger charge is -2.34. The van der Waals surface area contributed by atoms with Crippen LogP contribution in [0.4, 0.5) is 8.78 Å². The summed E-state index contributed by atoms with van der Waals surface area (Å²) in [5, 5.41) is 9.34. The monoisotopic (exact) mass is 309 g/mol. The van der Waals surface area contributed by atoms with Gasteiger partial charge in [-0.05, 0) is 61.8 Å². The minimum atomic E-state index is -0.512. The minimum absolute atomic E-state index is 0.0605. The number of aliphatic hydroxyl groups excluding tert-OH is 1. The first-order chi connectivity index (χ1) is 10.5. The Morgan fingerprint density at radius 1 is 1.27 bits per heavy atom. The zero-order valence-electron chi connectivity index (χ0n) is 12.5. The summed E-state index contributed by atoms with van der Waals surface area (Å²) in [6.07, 6.45) is 3.65. The molecule has 1 aliphatic carbocycles. The van der Waals surface area contributed by atoms with Crippen molar-refractivity contribution >= 4 is 5.91 Å². The maximum Gasteiger partial charge on any atom is 0.231 e. The Balaban J connectivity index is 1.56. The molecule has 22 heavy (non-hydrogen) atoms. The van der Waals surface area contributed by atoms with E-state index in [-0.39, 0.29) is 24.2 Å². The number of amides is 1. The topological polar surface area (TPSA) is 40.5 Å². The highest BCUT2D eigenvalue weighted by Gasteiger charge is 2.51. The molecular formula is C17H21F2NO2. The van der Waals surface area contributed by atoms with E-state index in [0.717, 1.165) is 31.7 Å². The first-order valence-electron chi connectivity index (χ1n) is 7.88. The number of likely N-dealkylation sites (tertiary alicyclic amines) is 1. The average molecular weight is 309 g/mol. The fourth-order valence-electron chi connectivity index (χ4n) is 3.28. The molecule has 0 aromatic heterocycles. The van der Waals surface area contributed by atoms with Crippen LogP contribution in [-0.2, 0) is 11.2 Å². The molecule has 0 bridgehead atoms. The van der Waals surface area contributed by atoms with Gasteiger partial charge in [0.25, 0.3) is 0 Å². The first-order valence-corrected chi connectivity index (χ1v) is 7.88. The molecule has 1 aromatic rings. The van der Waals surface area contributed by atoms with Gasteiger partial charge in [0.05, 0.1) is 12.0 Å². The van der Waals surface area contributed by atoms with Gasteiger partial charge in [-0.2, -0.15) is 0 Å². The fraction of sp³-hybridized carbons (Fsp3) is 0.588. The third-order valence-corrected chi connectivity index (χ3v) is 5.03. The molecule has 1 aliphatic heterocycles. The Hall–Kier alpha value is -1.49. The summed E-state index contributed by atoms with van der Waals surface area (Å²) in [4.78, 5) is 14.2. The lowest BCUT2D eigenvalue weighted by molar-refractivity contribution is -0.140. The van der Waals surface area contributed by atoms with Gasteiger partial charge in [-0.25, -0.2) is 8.78 Å². The second-order valence-corrected chi connectivity index (χ2v) is 6.61. The highest BCUT2D eigenvalue weighted by Crippen LogP contribution is 2.47. The summed E-state index contributed by atoms with van der Waals surface area (Å²) in [5.74, 6) is -0.449. The van der Waals surface area contributed by atoms with Gasteiger partial charge in [0.2, 0.25) is 5.91 Å². The molecule has 0 unspecified atom stereocenters. The minimum Gasteiger partial charge on any atom is -0.395 e. The second kappa shape index (κ2) is 5.95. The molecule has 120 valence electrons. The molecular weight excluding hydrogens is 288 g/mol. The van der Waals surface area contributed by atoms with Crippen molar-refractivity contribution in [1.82, 2.24) is 4.90 Å². The maximum atomic E-state index is 13.7. The van der Waals surface area contributed by atoms with Crippen LogP contribution in [0.25, 0.3) is 0 Å². The van der Waals surface area contributed by atoms with Gasteiger partial charge in [0.15, 0.2) is 0 Å². The number of benzene rings is 1. The Kier molecular flexibility index (Phi) is 4.17. The molecule has 1 amide bonds. The second-order valence-electron chi connectivity index (χ2n) is 6.61. The summed E-state index contributed by atoms with van der Waals surface area (Å²) in [6, 6.07) is 3.56. The molecule has 1 N–H and O–H groups in total. The first kappa shape index (κ1) is 15.4. The number of halogens is 2. The van der Waals surface area contributed by atoms with Gasteiger partial charge in [-0.3, -0.25) is 4.79 Å². The van der Waals surface area contributed by atoms with Crippen molar-refractivity contribution in [3.8, 4) is 0 Å². The zero-order chi connectivity index (χ0) is 15.7. The standard InChI is InChI=1S/C17H21F2NO2/c18-14-1-2-15(19)13(10-14)9-12-3-7-20(8-4-12)16(22)17(11-21)5-6-17/h1-2,10,12,21H,3-9,11H2. The van der Waals surface area contributed by atoms with Crippen LogP contribution in [0.3, 0.4) is 0 Å². The van der Waals surface area contributed by atoms with Crippen LogP contribution in [0, 0.1) is 23.0 Å². The number of rotatable bonds is 4. The van der Waals surface area contributed by atoms with Crippen LogP contribution >= 0.6 is 0 Å². The van der Waals surface area contributed by atoms with Gasteiger partial charge < -0.3 is 10.0 Å². The zero-order valence-corrected chi connectivity index (χ0v) is 12.5. The SMILES string of the molecule is O=C(N1CCC(Cc2cc(F)ccc2F)CC1)C1(CO)CC1. The van der Waals surface area contributed by atoms with Crippen molar-refractivity contribution in [3.05, 3.63) is 35.4 Å². The van der Waals surface area contributed by atoms with Gasteiger partial charge in [-0.15, -0.1) is 0 Å². The van der Waals surface area contributed by atoms with Crippen molar-refractivity contribution in [2.75, 3.05) is 19.7 Å². The van der Waals surface area contributed by atoms with Crippen LogP contribution in [0.1, 0.15) is 31.2 Å². The van der Waals surface area contributed by atoms with E-state index in [9.17, 15) is 18.7 Å². The van der Waals surface area contributed by atoms with Crippen molar-refractivity contribution in [2.24, 2.45) is 11.3 Å². The lowest BCUT2D eigenvalue weighted by Crippen LogP contribution is -2.43. The van der Waals surface area contributed by atoms with E-state index in [1.54, 1.807) is 0 Å². The Morgan fingerprint density at radius 3 is 2.55 bits per heavy atom. The molecule has 0 spiro atoms. The van der Waals surface area contributed by atoms with E-state index >= 15 is 0 Å². The molecule has 1 aromatic carbocycles. The van der Waals surface area contributed by atoms with E-state index in [4.69, 9.17) is 0 Å². The number of nitrogens with zero attached hydrogens (tertiary/aromatic N) is 1.